The van der Waals surface area contributed by atoms with Crippen LogP contribution in [0.2, 0.25) is 0 Å². The number of aliphatic hydroxyl groups is 1. The number of ether oxygens (including phenoxy) is 1. The van der Waals surface area contributed by atoms with Crippen molar-refractivity contribution < 1.29 is 14.6 Å². The molecule has 2 fully saturated rings. The van der Waals surface area contributed by atoms with Crippen LogP contribution >= 0.6 is 0 Å². The van der Waals surface area contributed by atoms with Crippen molar-refractivity contribution in [3.8, 4) is 0 Å². The van der Waals surface area contributed by atoms with Gasteiger partial charge in [0.1, 0.15) is 5.82 Å². The van der Waals surface area contributed by atoms with Gasteiger partial charge in [0, 0.05) is 24.0 Å². The van der Waals surface area contributed by atoms with Gasteiger partial charge in [-0.1, -0.05) is 0 Å². The lowest BCUT2D eigenvalue weighted by Gasteiger charge is -2.27. The number of pyridine rings is 1. The monoisotopic (exact) mass is 277 g/mol. The van der Waals surface area contributed by atoms with Gasteiger partial charge in [-0.25, -0.2) is 4.98 Å². The Labute approximate surface area is 117 Å². The fourth-order valence-electron chi connectivity index (χ4n) is 2.40. The normalized spacial score (nSPS) is 26.1. The molecule has 1 aromatic heterocycles. The average molecular weight is 277 g/mol. The van der Waals surface area contributed by atoms with E-state index in [-0.39, 0.29) is 5.91 Å². The van der Waals surface area contributed by atoms with Crippen LogP contribution in [-0.4, -0.2) is 40.9 Å². The number of amides is 1. The van der Waals surface area contributed by atoms with E-state index < -0.39 is 12.2 Å². The maximum atomic E-state index is 12.0. The SMILES string of the molecule is O=C(Nc1cc(NC2CCC2)ccn1)C1OCCC1O. The standard InChI is InChI=1S/C14H19N3O3/c18-11-5-7-20-13(11)14(19)17-12-8-10(4-6-15-12)16-9-2-1-3-9/h4,6,8-9,11,13,18H,1-3,5,7H2,(H2,15,16,17,19). The summed E-state index contributed by atoms with van der Waals surface area (Å²) in [5, 5.41) is 15.7. The average Bonchev–Trinajstić information content (AvgIpc) is 2.81. The van der Waals surface area contributed by atoms with E-state index in [0.29, 0.717) is 24.9 Å². The van der Waals surface area contributed by atoms with Gasteiger partial charge < -0.3 is 20.5 Å². The summed E-state index contributed by atoms with van der Waals surface area (Å²) in [6.45, 7) is 0.413. The number of aliphatic hydroxyl groups excluding tert-OH is 1. The first-order valence-electron chi connectivity index (χ1n) is 7.05. The second kappa shape index (κ2) is 5.76. The highest BCUT2D eigenvalue weighted by molar-refractivity contribution is 5.94. The molecule has 1 amide bonds. The summed E-state index contributed by atoms with van der Waals surface area (Å²) in [4.78, 5) is 16.1. The Morgan fingerprint density at radius 3 is 2.90 bits per heavy atom. The molecule has 0 radical (unpaired) electrons. The van der Waals surface area contributed by atoms with E-state index in [9.17, 15) is 9.90 Å². The summed E-state index contributed by atoms with van der Waals surface area (Å²) in [5.41, 5.74) is 0.952. The maximum absolute atomic E-state index is 12.0. The quantitative estimate of drug-likeness (QED) is 0.768. The van der Waals surface area contributed by atoms with Crippen molar-refractivity contribution in [1.82, 2.24) is 4.98 Å². The number of hydrogen-bond acceptors (Lipinski definition) is 5. The molecule has 20 heavy (non-hydrogen) atoms. The van der Waals surface area contributed by atoms with Gasteiger partial charge in [-0.15, -0.1) is 0 Å². The van der Waals surface area contributed by atoms with Gasteiger partial charge in [-0.05, 0) is 31.7 Å². The molecule has 6 heteroatoms. The van der Waals surface area contributed by atoms with Crippen LogP contribution in [0.25, 0.3) is 0 Å². The molecule has 3 rings (SSSR count). The Morgan fingerprint density at radius 1 is 1.40 bits per heavy atom. The number of carbonyl (C=O) groups is 1. The number of rotatable bonds is 4. The van der Waals surface area contributed by atoms with Crippen molar-refractivity contribution in [3.05, 3.63) is 18.3 Å². The van der Waals surface area contributed by atoms with E-state index in [1.165, 1.54) is 19.3 Å². The summed E-state index contributed by atoms with van der Waals surface area (Å²) >= 11 is 0. The van der Waals surface area contributed by atoms with E-state index in [4.69, 9.17) is 4.74 Å². The third-order valence-corrected chi connectivity index (χ3v) is 3.81. The van der Waals surface area contributed by atoms with Crippen molar-refractivity contribution in [1.29, 1.82) is 0 Å². The minimum atomic E-state index is -0.792. The van der Waals surface area contributed by atoms with Crippen molar-refractivity contribution in [2.75, 3.05) is 17.2 Å². The third kappa shape index (κ3) is 2.91. The summed E-state index contributed by atoms with van der Waals surface area (Å²) < 4.78 is 5.22. The first-order chi connectivity index (χ1) is 9.72. The van der Waals surface area contributed by atoms with E-state index >= 15 is 0 Å². The zero-order valence-electron chi connectivity index (χ0n) is 11.2. The fourth-order valence-corrected chi connectivity index (χ4v) is 2.40. The van der Waals surface area contributed by atoms with E-state index in [1.807, 2.05) is 6.07 Å². The molecule has 3 N–H and O–H groups in total. The Balaban J connectivity index is 1.61. The summed E-state index contributed by atoms with van der Waals surface area (Å²) in [6.07, 6.45) is 4.27. The van der Waals surface area contributed by atoms with E-state index in [1.54, 1.807) is 12.3 Å². The van der Waals surface area contributed by atoms with Crippen LogP contribution in [0.4, 0.5) is 11.5 Å². The lowest BCUT2D eigenvalue weighted by atomic mass is 9.93. The summed E-state index contributed by atoms with van der Waals surface area (Å²) in [7, 11) is 0. The fraction of sp³-hybridized carbons (Fsp3) is 0.571. The highest BCUT2D eigenvalue weighted by Gasteiger charge is 2.32. The Morgan fingerprint density at radius 2 is 2.25 bits per heavy atom. The number of nitrogens with zero attached hydrogens (tertiary/aromatic N) is 1. The molecule has 2 aliphatic rings. The van der Waals surface area contributed by atoms with Gasteiger partial charge in [-0.3, -0.25) is 4.79 Å². The minimum Gasteiger partial charge on any atom is -0.390 e. The first-order valence-corrected chi connectivity index (χ1v) is 7.05. The highest BCUT2D eigenvalue weighted by atomic mass is 16.5. The molecular formula is C14H19N3O3. The van der Waals surface area contributed by atoms with Gasteiger partial charge in [0.2, 0.25) is 0 Å². The molecule has 2 atom stereocenters. The zero-order chi connectivity index (χ0) is 13.9. The summed E-state index contributed by atoms with van der Waals surface area (Å²) in [6, 6.07) is 4.22. The molecule has 1 aliphatic carbocycles. The van der Waals surface area contributed by atoms with Crippen LogP contribution in [0.1, 0.15) is 25.7 Å². The molecular weight excluding hydrogens is 258 g/mol. The largest absolute Gasteiger partial charge is 0.390 e. The topological polar surface area (TPSA) is 83.5 Å². The molecule has 2 unspecified atom stereocenters. The van der Waals surface area contributed by atoms with Gasteiger partial charge in [0.25, 0.3) is 5.91 Å². The molecule has 108 valence electrons. The lowest BCUT2D eigenvalue weighted by molar-refractivity contribution is -0.128. The molecule has 0 bridgehead atoms. The number of hydrogen-bond donors (Lipinski definition) is 3. The maximum Gasteiger partial charge on any atom is 0.257 e. The lowest BCUT2D eigenvalue weighted by Crippen LogP contribution is -2.35. The zero-order valence-corrected chi connectivity index (χ0v) is 11.2. The molecule has 0 aromatic carbocycles. The van der Waals surface area contributed by atoms with Gasteiger partial charge in [-0.2, -0.15) is 0 Å². The second-order valence-corrected chi connectivity index (χ2v) is 5.34. The van der Waals surface area contributed by atoms with Gasteiger partial charge in [0.05, 0.1) is 12.7 Å². The number of nitrogens with one attached hydrogen (secondary N) is 2. The van der Waals surface area contributed by atoms with Crippen LogP contribution in [-0.2, 0) is 9.53 Å². The van der Waals surface area contributed by atoms with Gasteiger partial charge >= 0.3 is 0 Å². The van der Waals surface area contributed by atoms with Gasteiger partial charge in [0.15, 0.2) is 6.10 Å². The molecule has 1 saturated carbocycles. The smallest absolute Gasteiger partial charge is 0.257 e. The number of anilines is 2. The van der Waals surface area contributed by atoms with Crippen molar-refractivity contribution in [3.63, 3.8) is 0 Å². The van der Waals surface area contributed by atoms with Crippen LogP contribution in [0, 0.1) is 0 Å². The molecule has 6 nitrogen and oxygen atoms in total. The van der Waals surface area contributed by atoms with Crippen LogP contribution in [0.5, 0.6) is 0 Å². The molecule has 1 aromatic rings. The third-order valence-electron chi connectivity index (χ3n) is 3.81. The van der Waals surface area contributed by atoms with Crippen molar-refractivity contribution >= 4 is 17.4 Å². The van der Waals surface area contributed by atoms with E-state index in [0.717, 1.165) is 5.69 Å². The predicted molar refractivity (Wildman–Crippen MR) is 74.5 cm³/mol. The Kier molecular flexibility index (Phi) is 3.84. The van der Waals surface area contributed by atoms with E-state index in [2.05, 4.69) is 15.6 Å². The molecule has 1 saturated heterocycles. The summed E-state index contributed by atoms with van der Waals surface area (Å²) in [5.74, 6) is 0.130. The van der Waals surface area contributed by atoms with Crippen molar-refractivity contribution in [2.45, 2.75) is 43.9 Å². The second-order valence-electron chi connectivity index (χ2n) is 5.34. The minimum absolute atomic E-state index is 0.344. The molecule has 0 spiro atoms. The predicted octanol–water partition coefficient (Wildman–Crippen LogP) is 1.13. The Bertz CT molecular complexity index is 490. The number of aromatic nitrogens is 1. The molecule has 2 heterocycles. The van der Waals surface area contributed by atoms with Crippen LogP contribution < -0.4 is 10.6 Å². The van der Waals surface area contributed by atoms with Crippen molar-refractivity contribution in [2.24, 2.45) is 0 Å². The highest BCUT2D eigenvalue weighted by Crippen LogP contribution is 2.24. The number of carbonyl (C=O) groups excluding carboxylic acids is 1. The van der Waals surface area contributed by atoms with Crippen LogP contribution in [0.15, 0.2) is 18.3 Å². The molecule has 1 aliphatic heterocycles. The van der Waals surface area contributed by atoms with Crippen LogP contribution in [0.3, 0.4) is 0 Å². The Hall–Kier alpha value is -1.66. The first kappa shape index (κ1) is 13.3.